The summed E-state index contributed by atoms with van der Waals surface area (Å²) in [5.41, 5.74) is 2.51. The van der Waals surface area contributed by atoms with Crippen molar-refractivity contribution in [3.05, 3.63) is 45.0 Å². The fourth-order valence-corrected chi connectivity index (χ4v) is 3.49. The fraction of sp³-hybridized carbons (Fsp3) is 0.200. The first-order valence-corrected chi connectivity index (χ1v) is 6.80. The first-order valence-electron chi connectivity index (χ1n) is 4.15. The number of halogens is 2. The largest absolute Gasteiger partial charge is 0.457 e. The van der Waals surface area contributed by atoms with Crippen LogP contribution in [0.2, 0.25) is 0 Å². The Morgan fingerprint density at radius 3 is 2.86 bits per heavy atom. The van der Waals surface area contributed by atoms with Gasteiger partial charge < -0.3 is 4.42 Å². The third-order valence-corrected chi connectivity index (χ3v) is 4.17. The molecule has 0 aromatic carbocycles. The molecule has 1 atom stereocenters. The number of hydrogen-bond donors (Lipinski definition) is 0. The van der Waals surface area contributed by atoms with Crippen molar-refractivity contribution < 1.29 is 4.42 Å². The van der Waals surface area contributed by atoms with Crippen LogP contribution in [-0.2, 0) is 6.42 Å². The van der Waals surface area contributed by atoms with Gasteiger partial charge in [-0.1, -0.05) is 15.9 Å². The summed E-state index contributed by atoms with van der Waals surface area (Å²) >= 11 is 8.76. The van der Waals surface area contributed by atoms with Crippen LogP contribution >= 0.6 is 43.2 Å². The molecule has 0 aliphatic rings. The molecule has 2 aromatic heterocycles. The van der Waals surface area contributed by atoms with Crippen molar-refractivity contribution in [3.8, 4) is 0 Å². The highest BCUT2D eigenvalue weighted by Crippen LogP contribution is 2.33. The van der Waals surface area contributed by atoms with Crippen LogP contribution < -0.4 is 0 Å². The monoisotopic (exact) mass is 334 g/mol. The van der Waals surface area contributed by atoms with Gasteiger partial charge in [0.05, 0.1) is 6.26 Å². The van der Waals surface area contributed by atoms with E-state index in [1.807, 2.05) is 6.07 Å². The van der Waals surface area contributed by atoms with Gasteiger partial charge in [0, 0.05) is 10.4 Å². The molecular formula is C10H8Br2OS. The lowest BCUT2D eigenvalue weighted by molar-refractivity contribution is 0.536. The second kappa shape index (κ2) is 4.64. The molecule has 0 aliphatic heterocycles. The van der Waals surface area contributed by atoms with Crippen molar-refractivity contribution in [2.45, 2.75) is 11.2 Å². The quantitative estimate of drug-likeness (QED) is 0.735. The third-order valence-electron chi connectivity index (χ3n) is 1.98. The van der Waals surface area contributed by atoms with Crippen LogP contribution in [0.4, 0.5) is 0 Å². The molecule has 0 saturated carbocycles. The molecule has 2 rings (SSSR count). The summed E-state index contributed by atoms with van der Waals surface area (Å²) in [7, 11) is 0. The smallest absolute Gasteiger partial charge is 0.173 e. The van der Waals surface area contributed by atoms with Crippen LogP contribution in [0.3, 0.4) is 0 Å². The normalized spacial score (nSPS) is 13.0. The van der Waals surface area contributed by atoms with Crippen molar-refractivity contribution in [1.29, 1.82) is 0 Å². The molecular weight excluding hydrogens is 328 g/mol. The van der Waals surface area contributed by atoms with Crippen molar-refractivity contribution in [1.82, 2.24) is 0 Å². The lowest BCUT2D eigenvalue weighted by Crippen LogP contribution is -1.92. The Bertz CT molecular complexity index is 394. The molecule has 4 heteroatoms. The van der Waals surface area contributed by atoms with Gasteiger partial charge in [0.1, 0.15) is 0 Å². The van der Waals surface area contributed by atoms with Crippen LogP contribution in [0.1, 0.15) is 16.0 Å². The van der Waals surface area contributed by atoms with Gasteiger partial charge in [0.15, 0.2) is 4.67 Å². The van der Waals surface area contributed by atoms with Gasteiger partial charge in [-0.2, -0.15) is 11.3 Å². The molecule has 0 aliphatic carbocycles. The standard InChI is InChI=1S/C10H8Br2OS/c11-9(5-7-2-4-14-6-7)8-1-3-13-10(8)12/h1-4,6,9H,5H2. The van der Waals surface area contributed by atoms with Gasteiger partial charge in [-0.15, -0.1) is 0 Å². The molecule has 0 saturated heterocycles. The minimum atomic E-state index is 0.310. The molecule has 0 fully saturated rings. The lowest BCUT2D eigenvalue weighted by atomic mass is 10.1. The predicted octanol–water partition coefficient (Wildman–Crippen LogP) is 4.78. The molecule has 0 spiro atoms. The molecule has 0 bridgehead atoms. The maximum absolute atomic E-state index is 5.19. The Morgan fingerprint density at radius 2 is 2.29 bits per heavy atom. The van der Waals surface area contributed by atoms with Crippen LogP contribution in [0.15, 0.2) is 38.2 Å². The maximum Gasteiger partial charge on any atom is 0.173 e. The highest BCUT2D eigenvalue weighted by Gasteiger charge is 2.14. The number of thiophene rings is 1. The number of alkyl halides is 1. The summed E-state index contributed by atoms with van der Waals surface area (Å²) in [5.74, 6) is 0. The Hall–Kier alpha value is -0.0600. The van der Waals surface area contributed by atoms with Gasteiger partial charge >= 0.3 is 0 Å². The minimum Gasteiger partial charge on any atom is -0.457 e. The predicted molar refractivity (Wildman–Crippen MR) is 66.1 cm³/mol. The Balaban J connectivity index is 2.10. The zero-order valence-electron chi connectivity index (χ0n) is 7.24. The van der Waals surface area contributed by atoms with E-state index >= 15 is 0 Å². The molecule has 0 radical (unpaired) electrons. The summed E-state index contributed by atoms with van der Waals surface area (Å²) in [6, 6.07) is 4.13. The second-order valence-electron chi connectivity index (χ2n) is 2.95. The van der Waals surface area contributed by atoms with Crippen LogP contribution in [0.5, 0.6) is 0 Å². The SMILES string of the molecule is Brc1occc1C(Br)Cc1ccsc1. The summed E-state index contributed by atoms with van der Waals surface area (Å²) in [6.45, 7) is 0. The van der Waals surface area contributed by atoms with Gasteiger partial charge in [-0.3, -0.25) is 0 Å². The van der Waals surface area contributed by atoms with Crippen molar-refractivity contribution in [2.75, 3.05) is 0 Å². The van der Waals surface area contributed by atoms with Crippen molar-refractivity contribution in [3.63, 3.8) is 0 Å². The second-order valence-corrected chi connectivity index (χ2v) is 5.56. The highest BCUT2D eigenvalue weighted by atomic mass is 79.9. The van der Waals surface area contributed by atoms with Crippen LogP contribution in [0.25, 0.3) is 0 Å². The number of furan rings is 1. The Morgan fingerprint density at radius 1 is 1.43 bits per heavy atom. The number of hydrogen-bond acceptors (Lipinski definition) is 2. The summed E-state index contributed by atoms with van der Waals surface area (Å²) in [5, 5.41) is 4.27. The van der Waals surface area contributed by atoms with Crippen molar-refractivity contribution >= 4 is 43.2 Å². The van der Waals surface area contributed by atoms with E-state index in [2.05, 4.69) is 48.7 Å². The molecule has 74 valence electrons. The van der Waals surface area contributed by atoms with E-state index in [-0.39, 0.29) is 0 Å². The average molecular weight is 336 g/mol. The van der Waals surface area contributed by atoms with Gasteiger partial charge in [0.25, 0.3) is 0 Å². The average Bonchev–Trinajstić information content (AvgIpc) is 2.75. The maximum atomic E-state index is 5.19. The molecule has 1 unspecified atom stereocenters. The highest BCUT2D eigenvalue weighted by molar-refractivity contribution is 9.10. The molecule has 14 heavy (non-hydrogen) atoms. The summed E-state index contributed by atoms with van der Waals surface area (Å²) < 4.78 is 6.01. The van der Waals surface area contributed by atoms with E-state index in [0.29, 0.717) is 4.83 Å². The summed E-state index contributed by atoms with van der Waals surface area (Å²) in [4.78, 5) is 0.310. The molecule has 2 heterocycles. The van der Waals surface area contributed by atoms with E-state index in [0.717, 1.165) is 16.7 Å². The van der Waals surface area contributed by atoms with Crippen LogP contribution in [-0.4, -0.2) is 0 Å². The Kier molecular flexibility index (Phi) is 3.47. The van der Waals surface area contributed by atoms with E-state index in [1.165, 1.54) is 5.56 Å². The zero-order chi connectivity index (χ0) is 9.97. The van der Waals surface area contributed by atoms with E-state index in [9.17, 15) is 0 Å². The number of rotatable bonds is 3. The molecule has 2 aromatic rings. The van der Waals surface area contributed by atoms with E-state index in [4.69, 9.17) is 4.42 Å². The third kappa shape index (κ3) is 2.30. The first kappa shape index (κ1) is 10.5. The topological polar surface area (TPSA) is 13.1 Å². The molecule has 0 N–H and O–H groups in total. The zero-order valence-corrected chi connectivity index (χ0v) is 11.2. The minimum absolute atomic E-state index is 0.310. The summed E-state index contributed by atoms with van der Waals surface area (Å²) in [6.07, 6.45) is 2.68. The van der Waals surface area contributed by atoms with Gasteiger partial charge in [-0.25, -0.2) is 0 Å². The lowest BCUT2D eigenvalue weighted by Gasteiger charge is -2.06. The van der Waals surface area contributed by atoms with Crippen molar-refractivity contribution in [2.24, 2.45) is 0 Å². The van der Waals surface area contributed by atoms with Gasteiger partial charge in [0.2, 0.25) is 0 Å². The molecule has 0 amide bonds. The molecule has 1 nitrogen and oxygen atoms in total. The van der Waals surface area contributed by atoms with Crippen LogP contribution in [0, 0.1) is 0 Å². The van der Waals surface area contributed by atoms with E-state index in [1.54, 1.807) is 17.6 Å². The first-order chi connectivity index (χ1) is 6.77. The fourth-order valence-electron chi connectivity index (χ4n) is 1.25. The Labute approximate surface area is 103 Å². The van der Waals surface area contributed by atoms with E-state index < -0.39 is 0 Å². The van der Waals surface area contributed by atoms with Gasteiger partial charge in [-0.05, 0) is 50.8 Å².